The zero-order valence-electron chi connectivity index (χ0n) is 13.7. The van der Waals surface area contributed by atoms with Gasteiger partial charge in [-0.05, 0) is 36.5 Å². The van der Waals surface area contributed by atoms with Gasteiger partial charge in [0.1, 0.15) is 0 Å². The zero-order chi connectivity index (χ0) is 17.5. The molecule has 1 aliphatic rings. The fraction of sp³-hybridized carbons (Fsp3) is 0.500. The van der Waals surface area contributed by atoms with E-state index < -0.39 is 11.9 Å². The number of nitrogens with two attached hydrogens (primary N) is 1. The molecule has 4 N–H and O–H groups in total. The molecule has 1 aromatic rings. The van der Waals surface area contributed by atoms with Crippen LogP contribution in [0.4, 0.5) is 0 Å². The maximum atomic E-state index is 12.3. The fourth-order valence-electron chi connectivity index (χ4n) is 3.35. The average molecular weight is 332 g/mol. The largest absolute Gasteiger partial charge is 0.478 e. The van der Waals surface area contributed by atoms with E-state index in [1.807, 2.05) is 0 Å². The van der Waals surface area contributed by atoms with Crippen molar-refractivity contribution in [3.8, 4) is 0 Å². The summed E-state index contributed by atoms with van der Waals surface area (Å²) >= 11 is 0. The first-order chi connectivity index (χ1) is 11.5. The van der Waals surface area contributed by atoms with Gasteiger partial charge in [-0.15, -0.1) is 0 Å². The van der Waals surface area contributed by atoms with Crippen LogP contribution in [-0.4, -0.2) is 28.9 Å². The van der Waals surface area contributed by atoms with E-state index in [1.54, 1.807) is 12.1 Å². The van der Waals surface area contributed by atoms with Gasteiger partial charge >= 0.3 is 5.97 Å². The fourth-order valence-corrected chi connectivity index (χ4v) is 3.35. The Balaban J connectivity index is 2.00. The van der Waals surface area contributed by atoms with E-state index in [9.17, 15) is 14.4 Å². The molecule has 1 aromatic carbocycles. The lowest BCUT2D eigenvalue weighted by Crippen LogP contribution is -2.44. The highest BCUT2D eigenvalue weighted by atomic mass is 16.4. The number of rotatable bonds is 7. The number of carbonyl (C=O) groups is 3. The van der Waals surface area contributed by atoms with Gasteiger partial charge in [0, 0.05) is 12.5 Å². The van der Waals surface area contributed by atoms with Gasteiger partial charge in [0.25, 0.3) is 0 Å². The lowest BCUT2D eigenvalue weighted by atomic mass is 9.82. The van der Waals surface area contributed by atoms with Crippen LogP contribution in [0.5, 0.6) is 0 Å². The highest BCUT2D eigenvalue weighted by molar-refractivity contribution is 5.88. The molecule has 0 spiro atoms. The van der Waals surface area contributed by atoms with Crippen LogP contribution in [0.2, 0.25) is 0 Å². The highest BCUT2D eigenvalue weighted by Gasteiger charge is 2.26. The SMILES string of the molecule is NC(=O)CC(NC(=O)Cc1cccc(C(=O)O)c1)C1CCCCC1. The van der Waals surface area contributed by atoms with Crippen LogP contribution in [0.1, 0.15) is 54.4 Å². The van der Waals surface area contributed by atoms with Gasteiger partial charge < -0.3 is 16.2 Å². The standard InChI is InChI=1S/C18H24N2O4/c19-16(21)11-15(13-6-2-1-3-7-13)20-17(22)10-12-5-4-8-14(9-12)18(23)24/h4-5,8-9,13,15H,1-3,6-7,10-11H2,(H2,19,21)(H,20,22)(H,23,24). The molecule has 2 amide bonds. The predicted molar refractivity (Wildman–Crippen MR) is 89.4 cm³/mol. The molecule has 1 atom stereocenters. The molecule has 1 aliphatic carbocycles. The van der Waals surface area contributed by atoms with Crippen LogP contribution >= 0.6 is 0 Å². The molecule has 2 rings (SSSR count). The van der Waals surface area contributed by atoms with E-state index in [4.69, 9.17) is 10.8 Å². The van der Waals surface area contributed by atoms with Crippen LogP contribution in [0, 0.1) is 5.92 Å². The van der Waals surface area contributed by atoms with Crippen LogP contribution in [0.3, 0.4) is 0 Å². The molecule has 0 saturated heterocycles. The van der Waals surface area contributed by atoms with Crippen molar-refractivity contribution >= 4 is 17.8 Å². The Bertz CT molecular complexity index is 609. The molecule has 0 radical (unpaired) electrons. The van der Waals surface area contributed by atoms with Gasteiger partial charge in [-0.3, -0.25) is 9.59 Å². The Morgan fingerprint density at radius 1 is 1.21 bits per heavy atom. The number of carboxylic acids is 1. The van der Waals surface area contributed by atoms with Crippen molar-refractivity contribution in [3.63, 3.8) is 0 Å². The number of primary amides is 1. The topological polar surface area (TPSA) is 109 Å². The summed E-state index contributed by atoms with van der Waals surface area (Å²) in [6.45, 7) is 0. The number of nitrogens with one attached hydrogen (secondary N) is 1. The lowest BCUT2D eigenvalue weighted by Gasteiger charge is -2.30. The van der Waals surface area contributed by atoms with E-state index in [1.165, 1.54) is 18.6 Å². The summed E-state index contributed by atoms with van der Waals surface area (Å²) in [4.78, 5) is 34.6. The maximum absolute atomic E-state index is 12.3. The van der Waals surface area contributed by atoms with E-state index in [0.717, 1.165) is 25.7 Å². The van der Waals surface area contributed by atoms with Gasteiger partial charge in [-0.1, -0.05) is 31.4 Å². The molecule has 0 heterocycles. The first kappa shape index (κ1) is 18.0. The van der Waals surface area contributed by atoms with E-state index >= 15 is 0 Å². The summed E-state index contributed by atoms with van der Waals surface area (Å²) < 4.78 is 0. The quantitative estimate of drug-likeness (QED) is 0.708. The average Bonchev–Trinajstić information content (AvgIpc) is 2.55. The molecule has 1 unspecified atom stereocenters. The summed E-state index contributed by atoms with van der Waals surface area (Å²) in [5, 5.41) is 11.9. The monoisotopic (exact) mass is 332 g/mol. The van der Waals surface area contributed by atoms with Gasteiger partial charge in [-0.2, -0.15) is 0 Å². The van der Waals surface area contributed by atoms with Gasteiger partial charge in [0.05, 0.1) is 12.0 Å². The second-order valence-corrected chi connectivity index (χ2v) is 6.42. The van der Waals surface area contributed by atoms with Crippen LogP contribution in [0.15, 0.2) is 24.3 Å². The number of aromatic carboxylic acids is 1. The number of hydrogen-bond donors (Lipinski definition) is 3. The van der Waals surface area contributed by atoms with Crippen LogP contribution in [-0.2, 0) is 16.0 Å². The smallest absolute Gasteiger partial charge is 0.335 e. The molecular weight excluding hydrogens is 308 g/mol. The summed E-state index contributed by atoms with van der Waals surface area (Å²) in [6, 6.07) is 6.08. The van der Waals surface area contributed by atoms with Crippen molar-refractivity contribution in [2.75, 3.05) is 0 Å². The lowest BCUT2D eigenvalue weighted by molar-refractivity contribution is -0.122. The third kappa shape index (κ3) is 5.37. The number of benzene rings is 1. The Kier molecular flexibility index (Phi) is 6.35. The van der Waals surface area contributed by atoms with Crippen molar-refractivity contribution < 1.29 is 19.5 Å². The molecule has 6 nitrogen and oxygen atoms in total. The Morgan fingerprint density at radius 2 is 1.92 bits per heavy atom. The molecule has 0 bridgehead atoms. The first-order valence-electron chi connectivity index (χ1n) is 8.35. The van der Waals surface area contributed by atoms with Crippen molar-refractivity contribution in [3.05, 3.63) is 35.4 Å². The maximum Gasteiger partial charge on any atom is 0.335 e. The highest BCUT2D eigenvalue weighted by Crippen LogP contribution is 2.27. The van der Waals surface area contributed by atoms with Crippen molar-refractivity contribution in [2.45, 2.75) is 51.0 Å². The normalized spacial score (nSPS) is 16.3. The number of amides is 2. The van der Waals surface area contributed by atoms with Crippen molar-refractivity contribution in [1.29, 1.82) is 0 Å². The molecular formula is C18H24N2O4. The van der Waals surface area contributed by atoms with Crippen LogP contribution in [0.25, 0.3) is 0 Å². The molecule has 0 aliphatic heterocycles. The Labute approximate surface area is 141 Å². The number of hydrogen-bond acceptors (Lipinski definition) is 3. The van der Waals surface area contributed by atoms with Crippen molar-refractivity contribution in [2.24, 2.45) is 11.7 Å². The third-order valence-electron chi connectivity index (χ3n) is 4.52. The van der Waals surface area contributed by atoms with Crippen molar-refractivity contribution in [1.82, 2.24) is 5.32 Å². The predicted octanol–water partition coefficient (Wildman–Crippen LogP) is 1.87. The summed E-state index contributed by atoms with van der Waals surface area (Å²) in [6.07, 6.45) is 5.62. The second kappa shape index (κ2) is 8.47. The van der Waals surface area contributed by atoms with Gasteiger partial charge in [-0.25, -0.2) is 4.79 Å². The summed E-state index contributed by atoms with van der Waals surface area (Å²) in [5.41, 5.74) is 6.11. The third-order valence-corrected chi connectivity index (χ3v) is 4.52. The minimum absolute atomic E-state index is 0.0864. The molecule has 1 fully saturated rings. The molecule has 1 saturated carbocycles. The minimum atomic E-state index is -1.02. The summed E-state index contributed by atoms with van der Waals surface area (Å²) in [7, 11) is 0. The van der Waals surface area contributed by atoms with E-state index in [-0.39, 0.29) is 36.3 Å². The Hall–Kier alpha value is -2.37. The second-order valence-electron chi connectivity index (χ2n) is 6.42. The van der Waals surface area contributed by atoms with E-state index in [2.05, 4.69) is 5.32 Å². The number of carbonyl (C=O) groups excluding carboxylic acids is 2. The van der Waals surface area contributed by atoms with Gasteiger partial charge in [0.2, 0.25) is 11.8 Å². The van der Waals surface area contributed by atoms with E-state index in [0.29, 0.717) is 5.56 Å². The minimum Gasteiger partial charge on any atom is -0.478 e. The van der Waals surface area contributed by atoms with Gasteiger partial charge in [0.15, 0.2) is 0 Å². The first-order valence-corrected chi connectivity index (χ1v) is 8.35. The number of carboxylic acid groups (broad SMARTS) is 1. The zero-order valence-corrected chi connectivity index (χ0v) is 13.7. The molecule has 24 heavy (non-hydrogen) atoms. The summed E-state index contributed by atoms with van der Waals surface area (Å²) in [5.74, 6) is -1.38. The van der Waals surface area contributed by atoms with Crippen LogP contribution < -0.4 is 11.1 Å². The molecule has 6 heteroatoms. The molecule has 0 aromatic heterocycles. The molecule has 130 valence electrons. The Morgan fingerprint density at radius 3 is 2.54 bits per heavy atom.